The van der Waals surface area contributed by atoms with Crippen molar-refractivity contribution in [2.75, 3.05) is 13.1 Å². The molecule has 0 N–H and O–H groups in total. The number of fused-ring (bicyclic) bond motifs is 1. The van der Waals surface area contributed by atoms with E-state index in [1.165, 1.54) is 42.5 Å². The summed E-state index contributed by atoms with van der Waals surface area (Å²) in [7, 11) is 0. The van der Waals surface area contributed by atoms with Crippen molar-refractivity contribution < 1.29 is 0 Å². The van der Waals surface area contributed by atoms with Crippen molar-refractivity contribution in [3.8, 4) is 0 Å². The molecular formula is C16H21ClN2. The molecule has 1 fully saturated rings. The van der Waals surface area contributed by atoms with Gasteiger partial charge in [-0.2, -0.15) is 0 Å². The molecule has 0 aliphatic carbocycles. The molecule has 0 radical (unpaired) electrons. The van der Waals surface area contributed by atoms with Crippen LogP contribution in [0.1, 0.15) is 38.4 Å². The largest absolute Gasteiger partial charge is 0.340 e. The Morgan fingerprint density at radius 2 is 1.95 bits per heavy atom. The van der Waals surface area contributed by atoms with E-state index in [9.17, 15) is 0 Å². The van der Waals surface area contributed by atoms with Crippen molar-refractivity contribution in [3.63, 3.8) is 0 Å². The summed E-state index contributed by atoms with van der Waals surface area (Å²) in [6, 6.07) is 8.93. The summed E-state index contributed by atoms with van der Waals surface area (Å²) in [6.45, 7) is 7.97. The summed E-state index contributed by atoms with van der Waals surface area (Å²) in [5.74, 6) is 0. The number of hydrogen-bond donors (Lipinski definition) is 0. The van der Waals surface area contributed by atoms with Gasteiger partial charge in [0.1, 0.15) is 0 Å². The highest BCUT2D eigenvalue weighted by atomic mass is 35.5. The van der Waals surface area contributed by atoms with Crippen molar-refractivity contribution >= 4 is 22.5 Å². The summed E-state index contributed by atoms with van der Waals surface area (Å²) < 4.78 is 2.40. The Hall–Kier alpha value is -0.990. The fourth-order valence-electron chi connectivity index (χ4n) is 3.18. The molecule has 1 aliphatic rings. The highest BCUT2D eigenvalue weighted by Gasteiger charge is 2.18. The molecule has 0 spiro atoms. The van der Waals surface area contributed by atoms with Crippen LogP contribution in [-0.2, 0) is 6.54 Å². The maximum absolute atomic E-state index is 6.40. The maximum atomic E-state index is 6.40. The van der Waals surface area contributed by atoms with Gasteiger partial charge in [0, 0.05) is 23.7 Å². The molecule has 2 nitrogen and oxygen atoms in total. The third kappa shape index (κ3) is 2.39. The second-order valence-electron chi connectivity index (χ2n) is 5.76. The first-order valence-electron chi connectivity index (χ1n) is 7.17. The first kappa shape index (κ1) is 13.0. The topological polar surface area (TPSA) is 8.17 Å². The minimum absolute atomic E-state index is 0.440. The minimum Gasteiger partial charge on any atom is -0.340 e. The lowest BCUT2D eigenvalue weighted by molar-refractivity contribution is 0.319. The van der Waals surface area contributed by atoms with Gasteiger partial charge in [-0.3, -0.25) is 4.90 Å². The van der Waals surface area contributed by atoms with Crippen LogP contribution in [0, 0.1) is 0 Å². The Labute approximate surface area is 120 Å². The Morgan fingerprint density at radius 1 is 1.21 bits per heavy atom. The maximum Gasteiger partial charge on any atom is 0.0674 e. The van der Waals surface area contributed by atoms with E-state index in [1.54, 1.807) is 0 Å². The van der Waals surface area contributed by atoms with Gasteiger partial charge in [-0.25, -0.2) is 0 Å². The van der Waals surface area contributed by atoms with E-state index >= 15 is 0 Å². The van der Waals surface area contributed by atoms with Crippen molar-refractivity contribution in [3.05, 3.63) is 35.0 Å². The molecule has 102 valence electrons. The third-order valence-corrected chi connectivity index (χ3v) is 4.30. The van der Waals surface area contributed by atoms with Gasteiger partial charge in [0.05, 0.1) is 10.5 Å². The number of para-hydroxylation sites is 1. The van der Waals surface area contributed by atoms with E-state index < -0.39 is 0 Å². The lowest BCUT2D eigenvalue weighted by Crippen LogP contribution is -2.21. The summed E-state index contributed by atoms with van der Waals surface area (Å²) in [5.41, 5.74) is 2.58. The van der Waals surface area contributed by atoms with Crippen LogP contribution in [0.5, 0.6) is 0 Å². The SMILES string of the molecule is CC(C)n1c(CN2CCCC2)cc2cccc(Cl)c21. The number of halogens is 1. The predicted octanol–water partition coefficient (Wildman–Crippen LogP) is 4.47. The van der Waals surface area contributed by atoms with Crippen LogP contribution in [0.3, 0.4) is 0 Å². The Balaban J connectivity index is 2.07. The number of rotatable bonds is 3. The van der Waals surface area contributed by atoms with Gasteiger partial charge in [0.2, 0.25) is 0 Å². The zero-order valence-corrected chi connectivity index (χ0v) is 12.5. The Morgan fingerprint density at radius 3 is 2.63 bits per heavy atom. The van der Waals surface area contributed by atoms with Crippen LogP contribution >= 0.6 is 11.6 Å². The van der Waals surface area contributed by atoms with Crippen LogP contribution in [0.15, 0.2) is 24.3 Å². The van der Waals surface area contributed by atoms with E-state index in [2.05, 4.69) is 35.4 Å². The summed E-state index contributed by atoms with van der Waals surface area (Å²) in [6.07, 6.45) is 2.67. The normalized spacial score (nSPS) is 16.8. The predicted molar refractivity (Wildman–Crippen MR) is 81.8 cm³/mol. The van der Waals surface area contributed by atoms with Crippen LogP contribution < -0.4 is 0 Å². The molecule has 1 aromatic heterocycles. The van der Waals surface area contributed by atoms with Crippen LogP contribution in [0.4, 0.5) is 0 Å². The number of likely N-dealkylation sites (tertiary alicyclic amines) is 1. The molecule has 0 unspecified atom stereocenters. The fourth-order valence-corrected chi connectivity index (χ4v) is 3.45. The second-order valence-corrected chi connectivity index (χ2v) is 6.17. The number of aromatic nitrogens is 1. The van der Waals surface area contributed by atoms with Crippen LogP contribution in [0.2, 0.25) is 5.02 Å². The molecule has 1 aliphatic heterocycles. The quantitative estimate of drug-likeness (QED) is 0.803. The average Bonchev–Trinajstić information content (AvgIpc) is 2.97. The molecule has 1 saturated heterocycles. The van der Waals surface area contributed by atoms with Crippen molar-refractivity contribution in [1.29, 1.82) is 0 Å². The Kier molecular flexibility index (Phi) is 3.55. The minimum atomic E-state index is 0.440. The van der Waals surface area contributed by atoms with Gasteiger partial charge in [-0.15, -0.1) is 0 Å². The highest BCUT2D eigenvalue weighted by molar-refractivity contribution is 6.35. The molecule has 2 heterocycles. The summed E-state index contributed by atoms with van der Waals surface area (Å²) in [5, 5.41) is 2.12. The lowest BCUT2D eigenvalue weighted by atomic mass is 10.2. The third-order valence-electron chi connectivity index (χ3n) is 3.99. The van der Waals surface area contributed by atoms with Gasteiger partial charge in [0.15, 0.2) is 0 Å². The highest BCUT2D eigenvalue weighted by Crippen LogP contribution is 2.31. The van der Waals surface area contributed by atoms with Crippen molar-refractivity contribution in [2.24, 2.45) is 0 Å². The van der Waals surface area contributed by atoms with Gasteiger partial charge >= 0.3 is 0 Å². The van der Waals surface area contributed by atoms with E-state index in [4.69, 9.17) is 11.6 Å². The summed E-state index contributed by atoms with van der Waals surface area (Å²) >= 11 is 6.40. The molecule has 19 heavy (non-hydrogen) atoms. The number of benzene rings is 1. The Bertz CT molecular complexity index is 580. The van der Waals surface area contributed by atoms with E-state index in [0.29, 0.717) is 6.04 Å². The average molecular weight is 277 g/mol. The zero-order chi connectivity index (χ0) is 13.4. The van der Waals surface area contributed by atoms with Crippen LogP contribution in [0.25, 0.3) is 10.9 Å². The first-order valence-corrected chi connectivity index (χ1v) is 7.55. The smallest absolute Gasteiger partial charge is 0.0674 e. The molecule has 0 amide bonds. The molecule has 0 bridgehead atoms. The molecule has 0 saturated carbocycles. The number of nitrogens with zero attached hydrogens (tertiary/aromatic N) is 2. The van der Waals surface area contributed by atoms with E-state index in [1.807, 2.05) is 12.1 Å². The molecule has 3 heteroatoms. The lowest BCUT2D eigenvalue weighted by Gasteiger charge is -2.20. The number of hydrogen-bond acceptors (Lipinski definition) is 1. The van der Waals surface area contributed by atoms with E-state index in [-0.39, 0.29) is 0 Å². The van der Waals surface area contributed by atoms with E-state index in [0.717, 1.165) is 11.6 Å². The standard InChI is InChI=1S/C16H21ClN2/c1-12(2)19-14(11-18-8-3-4-9-18)10-13-6-5-7-15(17)16(13)19/h5-7,10,12H,3-4,8-9,11H2,1-2H3. The van der Waals surface area contributed by atoms with Crippen molar-refractivity contribution in [2.45, 2.75) is 39.3 Å². The first-order chi connectivity index (χ1) is 9.16. The zero-order valence-electron chi connectivity index (χ0n) is 11.7. The molecule has 2 aromatic rings. The van der Waals surface area contributed by atoms with Crippen molar-refractivity contribution in [1.82, 2.24) is 9.47 Å². The van der Waals surface area contributed by atoms with Gasteiger partial charge < -0.3 is 4.57 Å². The molecule has 1 aromatic carbocycles. The second kappa shape index (κ2) is 5.18. The summed E-state index contributed by atoms with van der Waals surface area (Å²) in [4.78, 5) is 2.54. The van der Waals surface area contributed by atoms with Gasteiger partial charge in [-0.05, 0) is 51.9 Å². The van der Waals surface area contributed by atoms with Gasteiger partial charge in [-0.1, -0.05) is 23.7 Å². The fraction of sp³-hybridized carbons (Fsp3) is 0.500. The van der Waals surface area contributed by atoms with Gasteiger partial charge in [0.25, 0.3) is 0 Å². The molecule has 3 rings (SSSR count). The molecule has 0 atom stereocenters. The van der Waals surface area contributed by atoms with Crippen LogP contribution in [-0.4, -0.2) is 22.6 Å². The monoisotopic (exact) mass is 276 g/mol. The molecular weight excluding hydrogens is 256 g/mol.